The number of aryl methyl sites for hydroxylation is 1. The quantitative estimate of drug-likeness (QED) is 0.735. The van der Waals surface area contributed by atoms with Gasteiger partial charge >= 0.3 is 0 Å². The number of thiocarbonyl (C=S) groups is 1. The van der Waals surface area contributed by atoms with Crippen LogP contribution in [0.3, 0.4) is 0 Å². The Labute approximate surface area is 87.6 Å². The number of nitrogens with one attached hydrogen (secondary N) is 2. The van der Waals surface area contributed by atoms with E-state index in [4.69, 9.17) is 12.2 Å². The van der Waals surface area contributed by atoms with Gasteiger partial charge in [0.15, 0.2) is 5.11 Å². The summed E-state index contributed by atoms with van der Waals surface area (Å²) in [4.78, 5) is 5.42. The lowest BCUT2D eigenvalue weighted by molar-refractivity contribution is 0.716. The van der Waals surface area contributed by atoms with Crippen LogP contribution in [-0.2, 0) is 0 Å². The van der Waals surface area contributed by atoms with Crippen molar-refractivity contribution in [1.82, 2.24) is 15.6 Å². The molecule has 3 nitrogen and oxygen atoms in total. The second-order valence-corrected chi connectivity index (χ2v) is 4.04. The molecular weight excluding hydrogens is 202 g/mol. The summed E-state index contributed by atoms with van der Waals surface area (Å²) < 4.78 is 0. The third-order valence-electron chi connectivity index (χ3n) is 1.75. The molecule has 0 spiro atoms. The minimum Gasteiger partial charge on any atom is -0.366 e. The molecule has 0 aromatic carbocycles. The molecule has 1 atom stereocenters. The number of aromatic nitrogens is 1. The van der Waals surface area contributed by atoms with E-state index in [-0.39, 0.29) is 6.04 Å². The molecule has 1 heterocycles. The normalized spacial score (nSPS) is 12.2. The van der Waals surface area contributed by atoms with Crippen molar-refractivity contribution in [2.75, 3.05) is 7.05 Å². The van der Waals surface area contributed by atoms with Gasteiger partial charge in [0, 0.05) is 11.9 Å². The Hall–Kier alpha value is -0.680. The average molecular weight is 215 g/mol. The fraction of sp³-hybridized carbons (Fsp3) is 0.500. The van der Waals surface area contributed by atoms with E-state index >= 15 is 0 Å². The summed E-state index contributed by atoms with van der Waals surface area (Å²) >= 11 is 6.66. The standard InChI is InChI=1S/C8H13N3S2/c1-5-7(13-4-10-5)6(2)11-8(12)9-3/h4,6H,1-3H3,(H2,9,11,12). The van der Waals surface area contributed by atoms with Crippen LogP contribution in [0.4, 0.5) is 0 Å². The van der Waals surface area contributed by atoms with Gasteiger partial charge in [-0.3, -0.25) is 0 Å². The maximum Gasteiger partial charge on any atom is 0.166 e. The Balaban J connectivity index is 2.63. The topological polar surface area (TPSA) is 37.0 Å². The SMILES string of the molecule is CNC(=S)NC(C)c1scnc1C. The van der Waals surface area contributed by atoms with Gasteiger partial charge in [-0.2, -0.15) is 0 Å². The lowest BCUT2D eigenvalue weighted by Gasteiger charge is -2.14. The summed E-state index contributed by atoms with van der Waals surface area (Å²) in [6, 6.07) is 0.229. The minimum absolute atomic E-state index is 0.229. The van der Waals surface area contributed by atoms with Gasteiger partial charge in [-0.05, 0) is 26.1 Å². The first kappa shape index (κ1) is 10.4. The molecule has 1 rings (SSSR count). The van der Waals surface area contributed by atoms with Gasteiger partial charge in [0.2, 0.25) is 0 Å². The van der Waals surface area contributed by atoms with Crippen molar-refractivity contribution in [2.45, 2.75) is 19.9 Å². The molecule has 1 aromatic rings. The number of thiazole rings is 1. The monoisotopic (exact) mass is 215 g/mol. The minimum atomic E-state index is 0.229. The molecule has 0 amide bonds. The van der Waals surface area contributed by atoms with Gasteiger partial charge in [0.1, 0.15) is 0 Å². The Morgan fingerprint density at radius 3 is 2.85 bits per heavy atom. The highest BCUT2D eigenvalue weighted by Crippen LogP contribution is 2.20. The summed E-state index contributed by atoms with van der Waals surface area (Å²) in [7, 11) is 1.81. The molecule has 0 aliphatic carbocycles. The van der Waals surface area contributed by atoms with Crippen LogP contribution in [0.2, 0.25) is 0 Å². The van der Waals surface area contributed by atoms with Crippen LogP contribution in [0.5, 0.6) is 0 Å². The first-order valence-electron chi connectivity index (χ1n) is 4.03. The molecule has 0 aliphatic heterocycles. The molecule has 72 valence electrons. The lowest BCUT2D eigenvalue weighted by atomic mass is 10.2. The van der Waals surface area contributed by atoms with E-state index in [0.29, 0.717) is 5.11 Å². The van der Waals surface area contributed by atoms with Gasteiger partial charge < -0.3 is 10.6 Å². The van der Waals surface area contributed by atoms with E-state index in [1.165, 1.54) is 4.88 Å². The van der Waals surface area contributed by atoms with Gasteiger partial charge in [-0.1, -0.05) is 0 Å². The smallest absolute Gasteiger partial charge is 0.166 e. The lowest BCUT2D eigenvalue weighted by Crippen LogP contribution is -2.34. The van der Waals surface area contributed by atoms with E-state index in [9.17, 15) is 0 Å². The molecule has 0 fully saturated rings. The Morgan fingerprint density at radius 1 is 1.69 bits per heavy atom. The van der Waals surface area contributed by atoms with Gasteiger partial charge in [0.25, 0.3) is 0 Å². The van der Waals surface area contributed by atoms with Gasteiger partial charge in [0.05, 0.1) is 17.2 Å². The van der Waals surface area contributed by atoms with Crippen molar-refractivity contribution in [3.8, 4) is 0 Å². The van der Waals surface area contributed by atoms with E-state index < -0.39 is 0 Å². The van der Waals surface area contributed by atoms with Crippen LogP contribution < -0.4 is 10.6 Å². The van der Waals surface area contributed by atoms with Gasteiger partial charge in [-0.25, -0.2) is 4.98 Å². The van der Waals surface area contributed by atoms with Crippen molar-refractivity contribution < 1.29 is 0 Å². The molecule has 0 saturated heterocycles. The second-order valence-electron chi connectivity index (χ2n) is 2.75. The molecule has 0 radical (unpaired) electrons. The maximum absolute atomic E-state index is 5.01. The highest BCUT2D eigenvalue weighted by molar-refractivity contribution is 7.80. The molecule has 1 unspecified atom stereocenters. The highest BCUT2D eigenvalue weighted by Gasteiger charge is 2.10. The summed E-state index contributed by atoms with van der Waals surface area (Å²) in [6.07, 6.45) is 0. The first-order valence-corrected chi connectivity index (χ1v) is 5.32. The fourth-order valence-electron chi connectivity index (χ4n) is 1.06. The van der Waals surface area contributed by atoms with E-state index in [2.05, 4.69) is 22.5 Å². The number of hydrogen-bond acceptors (Lipinski definition) is 3. The van der Waals surface area contributed by atoms with Crippen LogP contribution >= 0.6 is 23.6 Å². The van der Waals surface area contributed by atoms with Crippen LogP contribution in [0.1, 0.15) is 23.5 Å². The number of nitrogens with zero attached hydrogens (tertiary/aromatic N) is 1. The number of hydrogen-bond donors (Lipinski definition) is 2. The Morgan fingerprint density at radius 2 is 2.38 bits per heavy atom. The highest BCUT2D eigenvalue weighted by atomic mass is 32.1. The van der Waals surface area contributed by atoms with Crippen molar-refractivity contribution in [3.05, 3.63) is 16.1 Å². The van der Waals surface area contributed by atoms with Crippen molar-refractivity contribution in [3.63, 3.8) is 0 Å². The van der Waals surface area contributed by atoms with Gasteiger partial charge in [-0.15, -0.1) is 11.3 Å². The van der Waals surface area contributed by atoms with E-state index in [1.807, 2.05) is 19.5 Å². The molecular formula is C8H13N3S2. The third kappa shape index (κ3) is 2.63. The molecule has 0 saturated carbocycles. The Kier molecular flexibility index (Phi) is 3.62. The van der Waals surface area contributed by atoms with Crippen LogP contribution in [0, 0.1) is 6.92 Å². The van der Waals surface area contributed by atoms with E-state index in [0.717, 1.165) is 5.69 Å². The Bertz CT molecular complexity index is 295. The first-order chi connectivity index (χ1) is 6.15. The average Bonchev–Trinajstić information content (AvgIpc) is 2.51. The molecule has 0 bridgehead atoms. The van der Waals surface area contributed by atoms with E-state index in [1.54, 1.807) is 11.3 Å². The molecule has 5 heteroatoms. The second kappa shape index (κ2) is 4.53. The summed E-state index contributed by atoms with van der Waals surface area (Å²) in [6.45, 7) is 4.08. The summed E-state index contributed by atoms with van der Waals surface area (Å²) in [5.74, 6) is 0. The zero-order valence-corrected chi connectivity index (χ0v) is 9.55. The van der Waals surface area contributed by atoms with Crippen molar-refractivity contribution in [1.29, 1.82) is 0 Å². The van der Waals surface area contributed by atoms with Crippen molar-refractivity contribution in [2.24, 2.45) is 0 Å². The largest absolute Gasteiger partial charge is 0.366 e. The predicted octanol–water partition coefficient (Wildman–Crippen LogP) is 1.61. The summed E-state index contributed by atoms with van der Waals surface area (Å²) in [5, 5.41) is 6.71. The molecule has 2 N–H and O–H groups in total. The van der Waals surface area contributed by atoms with Crippen LogP contribution in [-0.4, -0.2) is 17.1 Å². The maximum atomic E-state index is 5.01. The third-order valence-corrected chi connectivity index (χ3v) is 3.19. The molecule has 1 aromatic heterocycles. The van der Waals surface area contributed by atoms with Crippen LogP contribution in [0.25, 0.3) is 0 Å². The zero-order chi connectivity index (χ0) is 9.84. The zero-order valence-electron chi connectivity index (χ0n) is 7.92. The van der Waals surface area contributed by atoms with Crippen LogP contribution in [0.15, 0.2) is 5.51 Å². The number of rotatable bonds is 2. The molecule has 13 heavy (non-hydrogen) atoms. The fourth-order valence-corrected chi connectivity index (χ4v) is 2.05. The summed E-state index contributed by atoms with van der Waals surface area (Å²) in [5.41, 5.74) is 2.93. The van der Waals surface area contributed by atoms with Crippen molar-refractivity contribution >= 4 is 28.7 Å². The predicted molar refractivity (Wildman–Crippen MR) is 60.1 cm³/mol. The molecule has 0 aliphatic rings.